The first-order chi connectivity index (χ1) is 16.5. The number of rotatable bonds is 10. The van der Waals surface area contributed by atoms with E-state index < -0.39 is 0 Å². The first kappa shape index (κ1) is 24.1. The van der Waals surface area contributed by atoms with Gasteiger partial charge in [-0.05, 0) is 66.9 Å². The Kier molecular flexibility index (Phi) is 8.09. The summed E-state index contributed by atoms with van der Waals surface area (Å²) in [6, 6.07) is 21.0. The number of hydrogen-bond acceptors (Lipinski definition) is 3. The van der Waals surface area contributed by atoms with E-state index in [1.807, 2.05) is 36.4 Å². The number of methoxy groups -OCH3 is 1. The molecule has 3 aromatic carbocycles. The van der Waals surface area contributed by atoms with E-state index in [0.717, 1.165) is 53.9 Å². The van der Waals surface area contributed by atoms with Crippen LogP contribution in [-0.2, 0) is 13.0 Å². The van der Waals surface area contributed by atoms with Gasteiger partial charge in [0.15, 0.2) is 0 Å². The smallest absolute Gasteiger partial charge is 0.251 e. The molecule has 0 saturated heterocycles. The molecule has 0 fully saturated rings. The van der Waals surface area contributed by atoms with E-state index in [1.165, 1.54) is 0 Å². The second-order valence-electron chi connectivity index (χ2n) is 8.15. The number of carbonyl (C=O) groups is 1. The monoisotopic (exact) mass is 495 g/mol. The molecule has 1 amide bonds. The number of fused-ring (bicyclic) bond motifs is 1. The first-order valence-corrected chi connectivity index (χ1v) is 12.1. The number of unbranched alkanes of at least 4 members (excludes halogenated alkanes) is 2. The van der Waals surface area contributed by atoms with Crippen molar-refractivity contribution in [3.8, 4) is 5.75 Å². The summed E-state index contributed by atoms with van der Waals surface area (Å²) in [5.41, 5.74) is 3.82. The van der Waals surface area contributed by atoms with Gasteiger partial charge in [0.05, 0.1) is 28.2 Å². The summed E-state index contributed by atoms with van der Waals surface area (Å²) in [6.45, 7) is 1.33. The van der Waals surface area contributed by atoms with Gasteiger partial charge in [-0.3, -0.25) is 4.79 Å². The number of ether oxygens (including phenoxy) is 1. The lowest BCUT2D eigenvalue weighted by atomic mass is 10.1. The van der Waals surface area contributed by atoms with Crippen LogP contribution in [0.5, 0.6) is 5.75 Å². The number of halogens is 2. The number of carbonyl (C=O) groups excluding carboxylic acids is 1. The zero-order chi connectivity index (χ0) is 23.9. The number of benzene rings is 3. The molecule has 0 saturated carbocycles. The van der Waals surface area contributed by atoms with Crippen LogP contribution in [0.2, 0.25) is 10.0 Å². The van der Waals surface area contributed by atoms with Crippen LogP contribution in [0.15, 0.2) is 66.7 Å². The summed E-state index contributed by atoms with van der Waals surface area (Å²) in [5, 5.41) is 4.10. The number of aryl methyl sites for hydroxylation is 1. The van der Waals surface area contributed by atoms with Crippen molar-refractivity contribution < 1.29 is 9.53 Å². The molecule has 1 aromatic heterocycles. The molecule has 0 aliphatic rings. The van der Waals surface area contributed by atoms with Crippen molar-refractivity contribution in [2.45, 2.75) is 32.2 Å². The third-order valence-electron chi connectivity index (χ3n) is 5.77. The van der Waals surface area contributed by atoms with Gasteiger partial charge in [0, 0.05) is 25.1 Å². The molecule has 5 nitrogen and oxygen atoms in total. The molecule has 1 N–H and O–H groups in total. The third kappa shape index (κ3) is 5.91. The number of nitrogens with zero attached hydrogens (tertiary/aromatic N) is 2. The van der Waals surface area contributed by atoms with Crippen molar-refractivity contribution in [2.24, 2.45) is 0 Å². The second-order valence-corrected chi connectivity index (χ2v) is 8.96. The highest BCUT2D eigenvalue weighted by molar-refractivity contribution is 6.42. The van der Waals surface area contributed by atoms with Crippen LogP contribution in [0.1, 0.15) is 41.0 Å². The van der Waals surface area contributed by atoms with E-state index in [4.69, 9.17) is 32.9 Å². The van der Waals surface area contributed by atoms with Crippen LogP contribution < -0.4 is 10.1 Å². The van der Waals surface area contributed by atoms with Crippen molar-refractivity contribution in [1.82, 2.24) is 14.9 Å². The van der Waals surface area contributed by atoms with E-state index >= 15 is 0 Å². The Hall–Kier alpha value is -3.02. The van der Waals surface area contributed by atoms with Crippen molar-refractivity contribution in [1.29, 1.82) is 0 Å². The molecular weight excluding hydrogens is 469 g/mol. The summed E-state index contributed by atoms with van der Waals surface area (Å²) in [6.07, 6.45) is 3.76. The number of nitrogens with one attached hydrogen (secondary N) is 1. The highest BCUT2D eigenvalue weighted by Gasteiger charge is 2.12. The molecule has 7 heteroatoms. The van der Waals surface area contributed by atoms with E-state index in [2.05, 4.69) is 16.0 Å². The fraction of sp³-hybridized carbons (Fsp3) is 0.259. The average molecular weight is 496 g/mol. The number of hydrogen-bond donors (Lipinski definition) is 1. The van der Waals surface area contributed by atoms with Gasteiger partial charge >= 0.3 is 0 Å². The number of amides is 1. The topological polar surface area (TPSA) is 56.1 Å². The van der Waals surface area contributed by atoms with Gasteiger partial charge in [-0.1, -0.05) is 47.8 Å². The van der Waals surface area contributed by atoms with Crippen molar-refractivity contribution >= 4 is 40.1 Å². The van der Waals surface area contributed by atoms with Crippen molar-refractivity contribution in [2.75, 3.05) is 13.7 Å². The summed E-state index contributed by atoms with van der Waals surface area (Å²) in [7, 11) is 1.61. The van der Waals surface area contributed by atoms with Gasteiger partial charge in [-0.25, -0.2) is 4.98 Å². The zero-order valence-corrected chi connectivity index (χ0v) is 20.6. The molecule has 1 heterocycles. The summed E-state index contributed by atoms with van der Waals surface area (Å²) in [4.78, 5) is 17.2. The molecule has 176 valence electrons. The van der Waals surface area contributed by atoms with Crippen LogP contribution in [0.25, 0.3) is 11.0 Å². The average Bonchev–Trinajstić information content (AvgIpc) is 3.20. The minimum atomic E-state index is -0.0638. The van der Waals surface area contributed by atoms with Gasteiger partial charge in [-0.2, -0.15) is 0 Å². The Morgan fingerprint density at radius 1 is 0.971 bits per heavy atom. The normalized spacial score (nSPS) is 11.0. The van der Waals surface area contributed by atoms with Crippen molar-refractivity contribution in [3.63, 3.8) is 0 Å². The Morgan fingerprint density at radius 3 is 2.53 bits per heavy atom. The van der Waals surface area contributed by atoms with E-state index in [-0.39, 0.29) is 5.91 Å². The van der Waals surface area contributed by atoms with Crippen LogP contribution in [0.3, 0.4) is 0 Å². The summed E-state index contributed by atoms with van der Waals surface area (Å²) in [5.74, 6) is 1.72. The Morgan fingerprint density at radius 2 is 1.76 bits per heavy atom. The van der Waals surface area contributed by atoms with Crippen LogP contribution in [0, 0.1) is 0 Å². The second kappa shape index (κ2) is 11.4. The molecule has 0 spiro atoms. The van der Waals surface area contributed by atoms with E-state index in [1.54, 1.807) is 31.4 Å². The highest BCUT2D eigenvalue weighted by atomic mass is 35.5. The van der Waals surface area contributed by atoms with E-state index in [0.29, 0.717) is 28.7 Å². The van der Waals surface area contributed by atoms with Crippen molar-refractivity contribution in [3.05, 3.63) is 93.7 Å². The zero-order valence-electron chi connectivity index (χ0n) is 19.1. The van der Waals surface area contributed by atoms with Gasteiger partial charge in [0.1, 0.15) is 11.6 Å². The van der Waals surface area contributed by atoms with E-state index in [9.17, 15) is 4.79 Å². The fourth-order valence-electron chi connectivity index (χ4n) is 3.94. The maximum Gasteiger partial charge on any atom is 0.251 e. The molecule has 0 aliphatic heterocycles. The standard InChI is InChI=1S/C27H27Cl2N3O2/c1-34-21-13-11-20(12-14-21)27(33)30-16-6-2-3-9-26-31-24-7-4-5-8-25(24)32(26)18-19-10-15-22(28)23(29)17-19/h4-5,7-8,10-15,17H,2-3,6,9,16,18H2,1H3,(H,30,33). The quantitative estimate of drug-likeness (QED) is 0.254. The van der Waals surface area contributed by atoms with Crippen LogP contribution in [0.4, 0.5) is 0 Å². The molecule has 0 aliphatic carbocycles. The largest absolute Gasteiger partial charge is 0.497 e. The SMILES string of the molecule is COc1ccc(C(=O)NCCCCCc2nc3ccccc3n2Cc2ccc(Cl)c(Cl)c2)cc1. The number of aromatic nitrogens is 2. The molecule has 0 radical (unpaired) electrons. The molecule has 4 rings (SSSR count). The predicted molar refractivity (Wildman–Crippen MR) is 138 cm³/mol. The van der Waals surface area contributed by atoms with Crippen LogP contribution in [-0.4, -0.2) is 29.1 Å². The first-order valence-electron chi connectivity index (χ1n) is 11.4. The highest BCUT2D eigenvalue weighted by Crippen LogP contribution is 2.25. The maximum absolute atomic E-state index is 12.3. The molecule has 0 bridgehead atoms. The number of imidazole rings is 1. The summed E-state index contributed by atoms with van der Waals surface area (Å²) >= 11 is 12.3. The minimum Gasteiger partial charge on any atom is -0.497 e. The van der Waals surface area contributed by atoms with Gasteiger partial charge in [0.25, 0.3) is 5.91 Å². The molecule has 0 atom stereocenters. The Balaban J connectivity index is 1.32. The fourth-order valence-corrected chi connectivity index (χ4v) is 4.27. The maximum atomic E-state index is 12.3. The van der Waals surface area contributed by atoms with Gasteiger partial charge in [-0.15, -0.1) is 0 Å². The Bertz CT molecular complexity index is 1270. The Labute approximate surface area is 209 Å². The predicted octanol–water partition coefficient (Wildman–Crippen LogP) is 6.54. The van der Waals surface area contributed by atoms with Gasteiger partial charge < -0.3 is 14.6 Å². The summed E-state index contributed by atoms with van der Waals surface area (Å²) < 4.78 is 7.38. The minimum absolute atomic E-state index is 0.0638. The molecule has 4 aromatic rings. The molecular formula is C27H27Cl2N3O2. The third-order valence-corrected chi connectivity index (χ3v) is 6.51. The lowest BCUT2D eigenvalue weighted by molar-refractivity contribution is 0.0953. The molecule has 0 unspecified atom stereocenters. The van der Waals surface area contributed by atoms with Gasteiger partial charge in [0.2, 0.25) is 0 Å². The van der Waals surface area contributed by atoms with Crippen LogP contribution >= 0.6 is 23.2 Å². The number of para-hydroxylation sites is 2. The molecule has 34 heavy (non-hydrogen) atoms. The lowest BCUT2D eigenvalue weighted by Gasteiger charge is -2.11. The lowest BCUT2D eigenvalue weighted by Crippen LogP contribution is -2.24.